The first-order valence-corrected chi connectivity index (χ1v) is 5.87. The summed E-state index contributed by atoms with van der Waals surface area (Å²) in [6.45, 7) is 0. The number of halogens is 3. The summed E-state index contributed by atoms with van der Waals surface area (Å²) in [5.41, 5.74) is 0.162. The van der Waals surface area contributed by atoms with Gasteiger partial charge in [0.25, 0.3) is 0 Å². The number of aromatic nitrogens is 2. The van der Waals surface area contributed by atoms with Crippen molar-refractivity contribution < 1.29 is 17.9 Å². The van der Waals surface area contributed by atoms with Crippen LogP contribution in [-0.2, 0) is 7.05 Å². The molecule has 0 spiro atoms. The van der Waals surface area contributed by atoms with Crippen molar-refractivity contribution in [3.05, 3.63) is 47.0 Å². The van der Waals surface area contributed by atoms with Crippen LogP contribution in [0.25, 0.3) is 0 Å². The normalized spacial score (nSPS) is 12.5. The third-order valence-corrected chi connectivity index (χ3v) is 3.06. The molecule has 20 heavy (non-hydrogen) atoms. The average Bonchev–Trinajstić information content (AvgIpc) is 2.74. The van der Waals surface area contributed by atoms with Crippen molar-refractivity contribution in [3.8, 4) is 5.75 Å². The monoisotopic (exact) mass is 285 g/mol. The van der Waals surface area contributed by atoms with Crippen LogP contribution in [0.5, 0.6) is 5.75 Å². The second-order valence-electron chi connectivity index (χ2n) is 4.23. The van der Waals surface area contributed by atoms with Gasteiger partial charge in [-0.15, -0.1) is 0 Å². The number of nitrogens with one attached hydrogen (secondary N) is 1. The van der Waals surface area contributed by atoms with Gasteiger partial charge in [-0.25, -0.2) is 13.2 Å². The maximum Gasteiger partial charge on any atom is 0.161 e. The molecule has 0 amide bonds. The molecule has 0 radical (unpaired) electrons. The molecule has 0 bridgehead atoms. The number of methoxy groups -OCH3 is 1. The van der Waals surface area contributed by atoms with Crippen molar-refractivity contribution in [1.29, 1.82) is 0 Å². The third kappa shape index (κ3) is 2.36. The predicted molar refractivity (Wildman–Crippen MR) is 67.0 cm³/mol. The van der Waals surface area contributed by atoms with E-state index >= 15 is 0 Å². The summed E-state index contributed by atoms with van der Waals surface area (Å²) in [4.78, 5) is 0. The summed E-state index contributed by atoms with van der Waals surface area (Å²) < 4.78 is 47.4. The van der Waals surface area contributed by atoms with E-state index in [2.05, 4.69) is 10.4 Å². The standard InChI is InChI=1S/C13H14F3N3O/c1-17-12(13-10(20-3)6-18-19(13)2)11-8(15)4-7(14)5-9(11)16/h4-6,12,17H,1-3H3. The van der Waals surface area contributed by atoms with Gasteiger partial charge in [-0.3, -0.25) is 4.68 Å². The van der Waals surface area contributed by atoms with Crippen molar-refractivity contribution >= 4 is 0 Å². The van der Waals surface area contributed by atoms with Gasteiger partial charge in [-0.1, -0.05) is 0 Å². The van der Waals surface area contributed by atoms with E-state index in [0.717, 1.165) is 0 Å². The highest BCUT2D eigenvalue weighted by Gasteiger charge is 2.27. The Morgan fingerprint density at radius 3 is 2.35 bits per heavy atom. The SMILES string of the molecule is CNC(c1c(F)cc(F)cc1F)c1c(OC)cnn1C. The lowest BCUT2D eigenvalue weighted by molar-refractivity contribution is 0.399. The molecule has 2 rings (SSSR count). The Labute approximate surface area is 114 Å². The summed E-state index contributed by atoms with van der Waals surface area (Å²) >= 11 is 0. The molecule has 0 aliphatic rings. The summed E-state index contributed by atoms with van der Waals surface area (Å²) in [5.74, 6) is -2.51. The van der Waals surface area contributed by atoms with E-state index in [4.69, 9.17) is 4.74 Å². The molecule has 1 atom stereocenters. The van der Waals surface area contributed by atoms with Crippen LogP contribution < -0.4 is 10.1 Å². The molecule has 0 fully saturated rings. The van der Waals surface area contributed by atoms with Crippen LogP contribution in [0.2, 0.25) is 0 Å². The Balaban J connectivity index is 2.61. The van der Waals surface area contributed by atoms with Gasteiger partial charge >= 0.3 is 0 Å². The van der Waals surface area contributed by atoms with Gasteiger partial charge in [0.2, 0.25) is 0 Å². The van der Waals surface area contributed by atoms with Gasteiger partial charge < -0.3 is 10.1 Å². The Bertz CT molecular complexity index is 604. The van der Waals surface area contributed by atoms with Gasteiger partial charge in [0.1, 0.15) is 23.1 Å². The fourth-order valence-electron chi connectivity index (χ4n) is 2.16. The van der Waals surface area contributed by atoms with Crippen LogP contribution >= 0.6 is 0 Å². The maximum atomic E-state index is 13.9. The van der Waals surface area contributed by atoms with Gasteiger partial charge in [0, 0.05) is 24.7 Å². The van der Waals surface area contributed by atoms with Gasteiger partial charge in [-0.05, 0) is 7.05 Å². The highest BCUT2D eigenvalue weighted by molar-refractivity contribution is 5.37. The minimum atomic E-state index is -0.967. The number of rotatable bonds is 4. The van der Waals surface area contributed by atoms with Crippen molar-refractivity contribution in [2.45, 2.75) is 6.04 Å². The number of benzene rings is 1. The second kappa shape index (κ2) is 5.54. The van der Waals surface area contributed by atoms with Gasteiger partial charge in [-0.2, -0.15) is 5.10 Å². The molecule has 0 aliphatic heterocycles. The van der Waals surface area contributed by atoms with Crippen LogP contribution in [0, 0.1) is 17.5 Å². The van der Waals surface area contributed by atoms with Gasteiger partial charge in [0.05, 0.1) is 19.3 Å². The first kappa shape index (κ1) is 14.4. The molecule has 0 saturated heterocycles. The Kier molecular flexibility index (Phi) is 3.99. The number of nitrogens with zero attached hydrogens (tertiary/aromatic N) is 2. The molecule has 0 aliphatic carbocycles. The Morgan fingerprint density at radius 2 is 1.85 bits per heavy atom. The molecular formula is C13H14F3N3O. The number of hydrogen-bond acceptors (Lipinski definition) is 3. The lowest BCUT2D eigenvalue weighted by Gasteiger charge is -2.19. The number of ether oxygens (including phenoxy) is 1. The summed E-state index contributed by atoms with van der Waals surface area (Å²) in [6, 6.07) is 0.440. The first-order valence-electron chi connectivity index (χ1n) is 5.87. The lowest BCUT2D eigenvalue weighted by Crippen LogP contribution is -2.23. The van der Waals surface area contributed by atoms with Crippen molar-refractivity contribution in [2.75, 3.05) is 14.2 Å². The van der Waals surface area contributed by atoms with Crippen LogP contribution in [0.1, 0.15) is 17.3 Å². The first-order chi connectivity index (χ1) is 9.49. The zero-order valence-electron chi connectivity index (χ0n) is 11.2. The number of hydrogen-bond donors (Lipinski definition) is 1. The lowest BCUT2D eigenvalue weighted by atomic mass is 10.0. The molecule has 2 aromatic rings. The second-order valence-corrected chi connectivity index (χ2v) is 4.23. The van der Waals surface area contributed by atoms with E-state index in [0.29, 0.717) is 23.6 Å². The molecule has 1 aromatic heterocycles. The molecular weight excluding hydrogens is 271 g/mol. The molecule has 0 saturated carbocycles. The third-order valence-electron chi connectivity index (χ3n) is 3.06. The van der Waals surface area contributed by atoms with Gasteiger partial charge in [0.15, 0.2) is 5.75 Å². The van der Waals surface area contributed by atoms with Crippen LogP contribution in [0.3, 0.4) is 0 Å². The minimum absolute atomic E-state index is 0.282. The van der Waals surface area contributed by atoms with E-state index in [1.54, 1.807) is 14.1 Å². The van der Waals surface area contributed by atoms with Crippen molar-refractivity contribution in [1.82, 2.24) is 15.1 Å². The average molecular weight is 285 g/mol. The van der Waals surface area contributed by atoms with Crippen LogP contribution in [0.4, 0.5) is 13.2 Å². The Morgan fingerprint density at radius 1 is 1.25 bits per heavy atom. The quantitative estimate of drug-likeness (QED) is 0.935. The highest BCUT2D eigenvalue weighted by atomic mass is 19.1. The van der Waals surface area contributed by atoms with E-state index < -0.39 is 23.5 Å². The minimum Gasteiger partial charge on any atom is -0.493 e. The van der Waals surface area contributed by atoms with Crippen molar-refractivity contribution in [2.24, 2.45) is 7.05 Å². The Hall–Kier alpha value is -2.02. The molecule has 1 heterocycles. The zero-order valence-corrected chi connectivity index (χ0v) is 11.2. The van der Waals surface area contributed by atoms with Crippen molar-refractivity contribution in [3.63, 3.8) is 0 Å². The molecule has 7 heteroatoms. The largest absolute Gasteiger partial charge is 0.493 e. The molecule has 1 N–H and O–H groups in total. The van der Waals surface area contributed by atoms with E-state index in [1.165, 1.54) is 18.0 Å². The maximum absolute atomic E-state index is 13.9. The van der Waals surface area contributed by atoms with E-state index in [-0.39, 0.29) is 5.56 Å². The molecule has 1 unspecified atom stereocenters. The number of aryl methyl sites for hydroxylation is 1. The summed E-state index contributed by atoms with van der Waals surface area (Å²) in [6.07, 6.45) is 1.44. The topological polar surface area (TPSA) is 39.1 Å². The smallest absolute Gasteiger partial charge is 0.161 e. The fourth-order valence-corrected chi connectivity index (χ4v) is 2.16. The van der Waals surface area contributed by atoms with E-state index in [9.17, 15) is 13.2 Å². The zero-order chi connectivity index (χ0) is 14.9. The summed E-state index contributed by atoms with van der Waals surface area (Å²) in [5, 5.41) is 6.79. The van der Waals surface area contributed by atoms with Crippen LogP contribution in [0.15, 0.2) is 18.3 Å². The molecule has 108 valence electrons. The predicted octanol–water partition coefficient (Wildman–Crippen LogP) is 2.15. The molecule has 1 aromatic carbocycles. The fraction of sp³-hybridized carbons (Fsp3) is 0.308. The summed E-state index contributed by atoms with van der Waals surface area (Å²) in [7, 11) is 4.60. The van der Waals surface area contributed by atoms with Crippen LogP contribution in [-0.4, -0.2) is 23.9 Å². The highest BCUT2D eigenvalue weighted by Crippen LogP contribution is 2.32. The molecule has 4 nitrogen and oxygen atoms in total. The van der Waals surface area contributed by atoms with E-state index in [1.807, 2.05) is 0 Å².